The summed E-state index contributed by atoms with van der Waals surface area (Å²) in [4.78, 5) is 0. The van der Waals surface area contributed by atoms with Crippen molar-refractivity contribution in [1.29, 1.82) is 0 Å². The molecular formula is C14H18F3NO. The third-order valence-corrected chi connectivity index (χ3v) is 3.58. The SMILES string of the molecule is NC(CC1CCCC1)c1cccc(OC(F)(F)F)c1. The van der Waals surface area contributed by atoms with Gasteiger partial charge >= 0.3 is 6.36 Å². The largest absolute Gasteiger partial charge is 0.573 e. The first-order valence-electron chi connectivity index (χ1n) is 6.55. The van der Waals surface area contributed by atoms with Crippen LogP contribution in [-0.2, 0) is 0 Å². The topological polar surface area (TPSA) is 35.2 Å². The lowest BCUT2D eigenvalue weighted by Crippen LogP contribution is -2.18. The van der Waals surface area contributed by atoms with Gasteiger partial charge in [0.05, 0.1) is 0 Å². The molecule has 1 fully saturated rings. The molecule has 0 aromatic heterocycles. The molecule has 0 aliphatic heterocycles. The summed E-state index contributed by atoms with van der Waals surface area (Å²) in [6, 6.07) is 5.75. The minimum absolute atomic E-state index is 0.202. The van der Waals surface area contributed by atoms with E-state index < -0.39 is 6.36 Å². The second-order valence-corrected chi connectivity index (χ2v) is 5.11. The lowest BCUT2D eigenvalue weighted by atomic mass is 9.94. The molecule has 1 saturated carbocycles. The quantitative estimate of drug-likeness (QED) is 0.893. The van der Waals surface area contributed by atoms with Crippen molar-refractivity contribution < 1.29 is 17.9 Å². The van der Waals surface area contributed by atoms with E-state index in [9.17, 15) is 13.2 Å². The molecule has 5 heteroatoms. The van der Waals surface area contributed by atoms with Gasteiger partial charge in [-0.2, -0.15) is 0 Å². The van der Waals surface area contributed by atoms with Crippen LogP contribution >= 0.6 is 0 Å². The van der Waals surface area contributed by atoms with Crippen molar-refractivity contribution in [3.8, 4) is 5.75 Å². The lowest BCUT2D eigenvalue weighted by molar-refractivity contribution is -0.274. The summed E-state index contributed by atoms with van der Waals surface area (Å²) in [5.41, 5.74) is 6.77. The molecule has 0 saturated heterocycles. The molecule has 1 unspecified atom stereocenters. The number of hydrogen-bond donors (Lipinski definition) is 1. The Balaban J connectivity index is 2.00. The summed E-state index contributed by atoms with van der Waals surface area (Å²) in [6.07, 6.45) is 0.978. The molecule has 19 heavy (non-hydrogen) atoms. The molecule has 1 aromatic carbocycles. The molecule has 1 aliphatic rings. The Kier molecular flexibility index (Phi) is 4.34. The van der Waals surface area contributed by atoms with E-state index in [0.29, 0.717) is 11.5 Å². The first kappa shape index (κ1) is 14.2. The Morgan fingerprint density at radius 2 is 1.95 bits per heavy atom. The minimum atomic E-state index is -4.66. The van der Waals surface area contributed by atoms with Crippen molar-refractivity contribution in [3.05, 3.63) is 29.8 Å². The van der Waals surface area contributed by atoms with Gasteiger partial charge in [-0.05, 0) is 30.0 Å². The van der Waals surface area contributed by atoms with Crippen molar-refractivity contribution >= 4 is 0 Å². The zero-order valence-electron chi connectivity index (χ0n) is 10.6. The highest BCUT2D eigenvalue weighted by Crippen LogP contribution is 2.33. The van der Waals surface area contributed by atoms with Gasteiger partial charge in [0.15, 0.2) is 0 Å². The predicted octanol–water partition coefficient (Wildman–Crippen LogP) is 4.17. The number of halogens is 3. The van der Waals surface area contributed by atoms with Crippen LogP contribution in [0.3, 0.4) is 0 Å². The van der Waals surface area contributed by atoms with Crippen LogP contribution in [0.2, 0.25) is 0 Å². The highest BCUT2D eigenvalue weighted by molar-refractivity contribution is 5.30. The van der Waals surface area contributed by atoms with Gasteiger partial charge in [0.25, 0.3) is 0 Å². The molecule has 0 radical (unpaired) electrons. The molecule has 2 nitrogen and oxygen atoms in total. The van der Waals surface area contributed by atoms with Gasteiger partial charge in [-0.25, -0.2) is 0 Å². The van der Waals surface area contributed by atoms with Crippen molar-refractivity contribution in [2.45, 2.75) is 44.5 Å². The Hall–Kier alpha value is -1.23. The molecule has 0 heterocycles. The molecular weight excluding hydrogens is 255 g/mol. The van der Waals surface area contributed by atoms with E-state index in [4.69, 9.17) is 5.73 Å². The van der Waals surface area contributed by atoms with Crippen molar-refractivity contribution in [1.82, 2.24) is 0 Å². The molecule has 2 N–H and O–H groups in total. The van der Waals surface area contributed by atoms with Gasteiger partial charge in [0.1, 0.15) is 5.75 Å². The fraction of sp³-hybridized carbons (Fsp3) is 0.571. The van der Waals surface area contributed by atoms with E-state index in [2.05, 4.69) is 4.74 Å². The summed E-state index contributed by atoms with van der Waals surface area (Å²) in [5, 5.41) is 0. The van der Waals surface area contributed by atoms with Crippen LogP contribution in [0, 0.1) is 5.92 Å². The number of rotatable bonds is 4. The predicted molar refractivity (Wildman–Crippen MR) is 66.6 cm³/mol. The number of hydrogen-bond acceptors (Lipinski definition) is 2. The average Bonchev–Trinajstić information content (AvgIpc) is 2.80. The first-order chi connectivity index (χ1) is 8.94. The lowest BCUT2D eigenvalue weighted by Gasteiger charge is -2.17. The zero-order valence-corrected chi connectivity index (χ0v) is 10.6. The number of alkyl halides is 3. The van der Waals surface area contributed by atoms with E-state index in [-0.39, 0.29) is 11.8 Å². The summed E-state index contributed by atoms with van der Waals surface area (Å²) < 4.78 is 40.4. The fourth-order valence-corrected chi connectivity index (χ4v) is 2.68. The maximum atomic E-state index is 12.1. The summed E-state index contributed by atoms with van der Waals surface area (Å²) in [5.74, 6) is 0.397. The number of nitrogens with two attached hydrogens (primary N) is 1. The summed E-state index contributed by atoms with van der Waals surface area (Å²) in [6.45, 7) is 0. The zero-order chi connectivity index (χ0) is 13.9. The van der Waals surface area contributed by atoms with Crippen molar-refractivity contribution in [2.75, 3.05) is 0 Å². The number of ether oxygens (including phenoxy) is 1. The van der Waals surface area contributed by atoms with Gasteiger partial charge < -0.3 is 10.5 Å². The monoisotopic (exact) mass is 273 g/mol. The normalized spacial score (nSPS) is 18.5. The molecule has 0 bridgehead atoms. The Morgan fingerprint density at radius 1 is 1.26 bits per heavy atom. The van der Waals surface area contributed by atoms with Gasteiger partial charge in [-0.3, -0.25) is 0 Å². The standard InChI is InChI=1S/C14H18F3NO/c15-14(16,17)19-12-7-3-6-11(9-12)13(18)8-10-4-1-2-5-10/h3,6-7,9-10,13H,1-2,4-5,8,18H2. The molecule has 1 aromatic rings. The highest BCUT2D eigenvalue weighted by Gasteiger charge is 2.31. The van der Waals surface area contributed by atoms with E-state index in [1.807, 2.05) is 0 Å². The van der Waals surface area contributed by atoms with E-state index in [0.717, 1.165) is 6.42 Å². The molecule has 1 atom stereocenters. The third kappa shape index (κ3) is 4.42. The van der Waals surface area contributed by atoms with Gasteiger partial charge in [-0.15, -0.1) is 13.2 Å². The number of benzene rings is 1. The van der Waals surface area contributed by atoms with Gasteiger partial charge in [0.2, 0.25) is 0 Å². The van der Waals surface area contributed by atoms with Crippen LogP contribution in [0.4, 0.5) is 13.2 Å². The Bertz CT molecular complexity index is 413. The molecule has 2 rings (SSSR count). The van der Waals surface area contributed by atoms with Crippen LogP contribution in [0.5, 0.6) is 5.75 Å². The fourth-order valence-electron chi connectivity index (χ4n) is 2.68. The van der Waals surface area contributed by atoms with Gasteiger partial charge in [-0.1, -0.05) is 37.8 Å². The molecule has 1 aliphatic carbocycles. The molecule has 106 valence electrons. The van der Waals surface area contributed by atoms with E-state index >= 15 is 0 Å². The van der Waals surface area contributed by atoms with Crippen LogP contribution in [0.15, 0.2) is 24.3 Å². The third-order valence-electron chi connectivity index (χ3n) is 3.58. The summed E-state index contributed by atoms with van der Waals surface area (Å²) >= 11 is 0. The van der Waals surface area contributed by atoms with Crippen LogP contribution in [0.25, 0.3) is 0 Å². The maximum Gasteiger partial charge on any atom is 0.573 e. The van der Waals surface area contributed by atoms with Crippen LogP contribution in [0.1, 0.15) is 43.7 Å². The van der Waals surface area contributed by atoms with Crippen LogP contribution in [-0.4, -0.2) is 6.36 Å². The van der Waals surface area contributed by atoms with Crippen molar-refractivity contribution in [3.63, 3.8) is 0 Å². The highest BCUT2D eigenvalue weighted by atomic mass is 19.4. The van der Waals surface area contributed by atoms with E-state index in [1.54, 1.807) is 12.1 Å². The maximum absolute atomic E-state index is 12.1. The smallest absolute Gasteiger partial charge is 0.406 e. The first-order valence-corrected chi connectivity index (χ1v) is 6.55. The summed E-state index contributed by atoms with van der Waals surface area (Å²) in [7, 11) is 0. The Morgan fingerprint density at radius 3 is 2.58 bits per heavy atom. The van der Waals surface area contributed by atoms with Gasteiger partial charge in [0, 0.05) is 6.04 Å². The minimum Gasteiger partial charge on any atom is -0.406 e. The molecule has 0 spiro atoms. The second kappa shape index (κ2) is 5.82. The van der Waals surface area contributed by atoms with E-state index in [1.165, 1.54) is 37.8 Å². The average molecular weight is 273 g/mol. The second-order valence-electron chi connectivity index (χ2n) is 5.11. The molecule has 0 amide bonds. The van der Waals surface area contributed by atoms with Crippen LogP contribution < -0.4 is 10.5 Å². The Labute approximate surface area is 110 Å². The van der Waals surface area contributed by atoms with Crippen molar-refractivity contribution in [2.24, 2.45) is 11.7 Å².